The first kappa shape index (κ1) is 47.6. The highest BCUT2D eigenvalue weighted by atomic mass is 16.7. The molecule has 0 spiro atoms. The van der Waals surface area contributed by atoms with Crippen LogP contribution in [0.5, 0.6) is 0 Å². The maximum absolute atomic E-state index is 12.9. The van der Waals surface area contributed by atoms with E-state index in [0.717, 1.165) is 51.4 Å². The molecule has 308 valence electrons. The molecule has 1 amide bonds. The predicted molar refractivity (Wildman–Crippen MR) is 203 cm³/mol. The number of carbonyl (C=O) groups is 1. The van der Waals surface area contributed by atoms with Crippen molar-refractivity contribution in [1.82, 2.24) is 5.32 Å². The molecule has 2 fully saturated rings. The van der Waals surface area contributed by atoms with E-state index < -0.39 is 86.8 Å². The van der Waals surface area contributed by atoms with Crippen LogP contribution in [0.2, 0.25) is 0 Å². The maximum Gasteiger partial charge on any atom is 0.224 e. The third-order valence-electron chi connectivity index (χ3n) is 8.93. The average molecular weight is 768 g/mol. The number of nitrogens with one attached hydrogen (secondary N) is 1. The monoisotopic (exact) mass is 767 g/mol. The zero-order chi connectivity index (χ0) is 39.7. The van der Waals surface area contributed by atoms with Crippen LogP contribution < -0.4 is 5.32 Å². The summed E-state index contributed by atoms with van der Waals surface area (Å²) in [5.74, 6) is -0.380. The van der Waals surface area contributed by atoms with Crippen molar-refractivity contribution in [3.05, 3.63) is 72.9 Å². The Morgan fingerprint density at radius 1 is 0.685 bits per heavy atom. The molecule has 12 unspecified atom stereocenters. The van der Waals surface area contributed by atoms with Crippen LogP contribution in [0.1, 0.15) is 78.1 Å². The molecule has 2 saturated heterocycles. The summed E-state index contributed by atoms with van der Waals surface area (Å²) in [6.45, 7) is 2.41. The first-order chi connectivity index (χ1) is 26.1. The van der Waals surface area contributed by atoms with Crippen molar-refractivity contribution in [1.29, 1.82) is 0 Å². The third kappa shape index (κ3) is 17.1. The van der Waals surface area contributed by atoms with E-state index in [1.807, 2.05) is 18.2 Å². The molecule has 0 saturated carbocycles. The first-order valence-electron chi connectivity index (χ1n) is 19.2. The normalized spacial score (nSPS) is 30.9. The zero-order valence-electron chi connectivity index (χ0n) is 31.7. The van der Waals surface area contributed by atoms with Gasteiger partial charge in [-0.05, 0) is 44.9 Å². The summed E-state index contributed by atoms with van der Waals surface area (Å²) in [7, 11) is 0. The van der Waals surface area contributed by atoms with Gasteiger partial charge in [0.25, 0.3) is 0 Å². The number of allylic oxidation sites excluding steroid dienone is 10. The zero-order valence-corrected chi connectivity index (χ0v) is 31.7. The smallest absolute Gasteiger partial charge is 0.224 e. The van der Waals surface area contributed by atoms with Crippen LogP contribution in [0, 0.1) is 0 Å². The van der Waals surface area contributed by atoms with Crippen molar-refractivity contribution in [2.75, 3.05) is 19.8 Å². The lowest BCUT2D eigenvalue weighted by Gasteiger charge is -2.46. The molecular weight excluding hydrogens is 702 g/mol. The Morgan fingerprint density at radius 3 is 1.81 bits per heavy atom. The Morgan fingerprint density at radius 2 is 1.24 bits per heavy atom. The van der Waals surface area contributed by atoms with Gasteiger partial charge >= 0.3 is 0 Å². The van der Waals surface area contributed by atoms with Gasteiger partial charge in [-0.1, -0.05) is 99.6 Å². The predicted octanol–water partition coefficient (Wildman–Crippen LogP) is 1.75. The van der Waals surface area contributed by atoms with E-state index in [1.165, 1.54) is 0 Å². The van der Waals surface area contributed by atoms with Crippen molar-refractivity contribution in [2.24, 2.45) is 0 Å². The standard InChI is InChI=1S/C40H65NO13/c1-3-5-7-9-10-11-12-13-14-15-16-17-18-20-22-24-32(45)41-28(29(44)23-21-19-8-6-4-2)27-51-39-37(50)35(48)38(31(26-43)53-39)54-40-36(49)34(47)33(46)30(25-42)52-40/h5,7,10-11,13-14,16-17,20-23,28-31,33-40,42-44,46-50H,3-4,6,8-9,12,15,18-19,24-27H2,1-2H3,(H,41,45)/b7-5-,11-10-,14-13-,17-16-,22-20-,23-21+. The summed E-state index contributed by atoms with van der Waals surface area (Å²) >= 11 is 0. The average Bonchev–Trinajstić information content (AvgIpc) is 3.17. The van der Waals surface area contributed by atoms with Crippen molar-refractivity contribution >= 4 is 5.91 Å². The largest absolute Gasteiger partial charge is 0.394 e. The molecule has 54 heavy (non-hydrogen) atoms. The minimum absolute atomic E-state index is 0.0434. The van der Waals surface area contributed by atoms with E-state index in [9.17, 15) is 45.6 Å². The van der Waals surface area contributed by atoms with E-state index in [4.69, 9.17) is 18.9 Å². The Balaban J connectivity index is 1.95. The molecule has 2 aliphatic rings. The van der Waals surface area contributed by atoms with Crippen molar-refractivity contribution < 1.29 is 64.6 Å². The Bertz CT molecular complexity index is 1190. The van der Waals surface area contributed by atoms with Gasteiger partial charge in [-0.15, -0.1) is 0 Å². The number of hydrogen-bond acceptors (Lipinski definition) is 13. The van der Waals surface area contributed by atoms with E-state index in [1.54, 1.807) is 12.2 Å². The lowest BCUT2D eigenvalue weighted by atomic mass is 9.97. The number of carbonyl (C=O) groups excluding carboxylic acids is 1. The Kier molecular flexibility index (Phi) is 24.6. The van der Waals surface area contributed by atoms with Gasteiger partial charge < -0.3 is 65.1 Å². The molecule has 12 atom stereocenters. The molecule has 0 aliphatic carbocycles. The molecule has 0 aromatic carbocycles. The number of ether oxygens (including phenoxy) is 4. The second-order valence-corrected chi connectivity index (χ2v) is 13.3. The molecule has 14 nitrogen and oxygen atoms in total. The van der Waals surface area contributed by atoms with Gasteiger partial charge in [-0.2, -0.15) is 0 Å². The highest BCUT2D eigenvalue weighted by Crippen LogP contribution is 2.29. The molecule has 0 radical (unpaired) electrons. The quantitative estimate of drug-likeness (QED) is 0.0477. The van der Waals surface area contributed by atoms with E-state index in [2.05, 4.69) is 61.7 Å². The van der Waals surface area contributed by atoms with Crippen LogP contribution in [0.3, 0.4) is 0 Å². The molecule has 14 heteroatoms. The SMILES string of the molecule is CC/C=C\C/C=C\C/C=C\C/C=C\C/C=C\CC(=O)NC(COC1OC(CO)C(OC2OC(CO)C(O)C(O)C2O)C(O)C1O)C(O)/C=C/CCCCC. The summed E-state index contributed by atoms with van der Waals surface area (Å²) in [6, 6.07) is -0.966. The number of amides is 1. The van der Waals surface area contributed by atoms with Gasteiger partial charge in [0.2, 0.25) is 5.91 Å². The first-order valence-corrected chi connectivity index (χ1v) is 19.2. The third-order valence-corrected chi connectivity index (χ3v) is 8.93. The summed E-state index contributed by atoms with van der Waals surface area (Å²) in [5.41, 5.74) is 0. The molecule has 9 N–H and O–H groups in total. The summed E-state index contributed by atoms with van der Waals surface area (Å²) < 4.78 is 22.4. The summed E-state index contributed by atoms with van der Waals surface area (Å²) in [6.07, 6.45) is 14.8. The number of aliphatic hydroxyl groups is 8. The maximum atomic E-state index is 12.9. The molecule has 0 aromatic heterocycles. The highest BCUT2D eigenvalue weighted by molar-refractivity contribution is 5.77. The van der Waals surface area contributed by atoms with Gasteiger partial charge in [-0.25, -0.2) is 0 Å². The number of hydrogen-bond donors (Lipinski definition) is 9. The second-order valence-electron chi connectivity index (χ2n) is 13.3. The lowest BCUT2D eigenvalue weighted by Crippen LogP contribution is -2.65. The van der Waals surface area contributed by atoms with Crippen LogP contribution in [-0.4, -0.2) is 140 Å². The number of aliphatic hydroxyl groups excluding tert-OH is 8. The molecule has 2 aliphatic heterocycles. The van der Waals surface area contributed by atoms with Crippen LogP contribution in [0.15, 0.2) is 72.9 Å². The van der Waals surface area contributed by atoms with Gasteiger partial charge in [-0.3, -0.25) is 4.79 Å². The second kappa shape index (κ2) is 27.9. The summed E-state index contributed by atoms with van der Waals surface area (Å²) in [4.78, 5) is 12.9. The fourth-order valence-corrected chi connectivity index (χ4v) is 5.71. The van der Waals surface area contributed by atoms with E-state index in [0.29, 0.717) is 6.42 Å². The fourth-order valence-electron chi connectivity index (χ4n) is 5.71. The Labute approximate surface area is 319 Å². The summed E-state index contributed by atoms with van der Waals surface area (Å²) in [5, 5.41) is 85.6. The van der Waals surface area contributed by atoms with Gasteiger partial charge in [0.1, 0.15) is 48.8 Å². The number of unbranched alkanes of at least 4 members (excludes halogenated alkanes) is 3. The number of rotatable bonds is 25. The van der Waals surface area contributed by atoms with Crippen LogP contribution in [0.25, 0.3) is 0 Å². The molecule has 0 aromatic rings. The minimum atomic E-state index is -1.80. The molecular formula is C40H65NO13. The highest BCUT2D eigenvalue weighted by Gasteiger charge is 2.50. The molecule has 2 heterocycles. The Hall–Kier alpha value is -2.57. The minimum Gasteiger partial charge on any atom is -0.394 e. The van der Waals surface area contributed by atoms with Gasteiger partial charge in [0, 0.05) is 6.42 Å². The van der Waals surface area contributed by atoms with Crippen molar-refractivity contribution in [3.8, 4) is 0 Å². The molecule has 0 bridgehead atoms. The lowest BCUT2D eigenvalue weighted by molar-refractivity contribution is -0.359. The van der Waals surface area contributed by atoms with Crippen LogP contribution in [0.4, 0.5) is 0 Å². The van der Waals surface area contributed by atoms with Crippen molar-refractivity contribution in [2.45, 2.75) is 152 Å². The van der Waals surface area contributed by atoms with Gasteiger partial charge in [0.05, 0.1) is 32.0 Å². The topological polar surface area (TPSA) is 228 Å². The fraction of sp³-hybridized carbons (Fsp3) is 0.675. The van der Waals surface area contributed by atoms with Gasteiger partial charge in [0.15, 0.2) is 12.6 Å². The molecule has 2 rings (SSSR count). The van der Waals surface area contributed by atoms with Crippen molar-refractivity contribution in [3.63, 3.8) is 0 Å². The van der Waals surface area contributed by atoms with Crippen LogP contribution in [-0.2, 0) is 23.7 Å². The van der Waals surface area contributed by atoms with E-state index >= 15 is 0 Å². The van der Waals surface area contributed by atoms with E-state index in [-0.39, 0.29) is 18.9 Å². The van der Waals surface area contributed by atoms with Crippen LogP contribution >= 0.6 is 0 Å².